The number of fused-ring (bicyclic) bond motifs is 5. The van der Waals surface area contributed by atoms with E-state index in [1.807, 2.05) is 13.2 Å². The SMILES string of the molecule is COC(C)C1C[C@H]2[C@@H]3C(C)CC4SC(=O)C=C[C@]4(C)[C@@H]3CC[C@]2(C)C1. The van der Waals surface area contributed by atoms with Gasteiger partial charge in [0.1, 0.15) is 0 Å². The van der Waals surface area contributed by atoms with Crippen molar-refractivity contribution >= 4 is 16.9 Å². The lowest BCUT2D eigenvalue weighted by Crippen LogP contribution is -2.55. The molecule has 0 amide bonds. The lowest BCUT2D eigenvalue weighted by atomic mass is 9.48. The lowest BCUT2D eigenvalue weighted by molar-refractivity contribution is -0.108. The fourth-order valence-electron chi connectivity index (χ4n) is 7.20. The topological polar surface area (TPSA) is 26.3 Å². The summed E-state index contributed by atoms with van der Waals surface area (Å²) < 4.78 is 5.71. The van der Waals surface area contributed by atoms with Crippen LogP contribution >= 0.6 is 11.8 Å². The van der Waals surface area contributed by atoms with Gasteiger partial charge in [-0.3, -0.25) is 4.79 Å². The maximum Gasteiger partial charge on any atom is 0.212 e. The maximum atomic E-state index is 12.0. The summed E-state index contributed by atoms with van der Waals surface area (Å²) in [5.74, 6) is 3.84. The molecule has 1 aliphatic heterocycles. The summed E-state index contributed by atoms with van der Waals surface area (Å²) in [6, 6.07) is 0. The smallest absolute Gasteiger partial charge is 0.212 e. The fourth-order valence-corrected chi connectivity index (χ4v) is 8.54. The highest BCUT2D eigenvalue weighted by atomic mass is 32.2. The van der Waals surface area contributed by atoms with Gasteiger partial charge in [0, 0.05) is 17.8 Å². The van der Waals surface area contributed by atoms with Gasteiger partial charge in [0.25, 0.3) is 0 Å². The number of hydrogen-bond acceptors (Lipinski definition) is 3. The molecule has 0 radical (unpaired) electrons. The van der Waals surface area contributed by atoms with E-state index in [4.69, 9.17) is 4.74 Å². The highest BCUT2D eigenvalue weighted by molar-refractivity contribution is 8.14. The van der Waals surface area contributed by atoms with Crippen LogP contribution in [0.1, 0.15) is 59.8 Å². The van der Waals surface area contributed by atoms with Crippen LogP contribution in [-0.4, -0.2) is 23.6 Å². The van der Waals surface area contributed by atoms with Crippen molar-refractivity contribution in [1.29, 1.82) is 0 Å². The molecule has 0 aromatic carbocycles. The van der Waals surface area contributed by atoms with E-state index in [2.05, 4.69) is 33.8 Å². The van der Waals surface area contributed by atoms with Crippen molar-refractivity contribution in [1.82, 2.24) is 0 Å². The van der Waals surface area contributed by atoms with Gasteiger partial charge in [-0.2, -0.15) is 0 Å². The molecule has 4 unspecified atom stereocenters. The van der Waals surface area contributed by atoms with Crippen molar-refractivity contribution < 1.29 is 9.53 Å². The van der Waals surface area contributed by atoms with E-state index in [1.165, 1.54) is 32.1 Å². The molecule has 0 bridgehead atoms. The Hall–Kier alpha value is -0.280. The monoisotopic (exact) mass is 362 g/mol. The Morgan fingerprint density at radius 2 is 2.04 bits per heavy atom. The van der Waals surface area contributed by atoms with Crippen LogP contribution < -0.4 is 0 Å². The van der Waals surface area contributed by atoms with Crippen LogP contribution in [0.2, 0.25) is 0 Å². The Kier molecular flexibility index (Phi) is 4.43. The predicted octanol–water partition coefficient (Wildman–Crippen LogP) is 5.32. The number of ether oxygens (including phenoxy) is 1. The first kappa shape index (κ1) is 18.1. The molecule has 2 nitrogen and oxygen atoms in total. The third kappa shape index (κ3) is 2.67. The lowest BCUT2D eigenvalue weighted by Gasteiger charge is -2.60. The molecule has 0 aromatic rings. The van der Waals surface area contributed by atoms with Crippen molar-refractivity contribution in [2.75, 3.05) is 7.11 Å². The van der Waals surface area contributed by atoms with Gasteiger partial charge in [-0.1, -0.05) is 38.6 Å². The van der Waals surface area contributed by atoms with Crippen LogP contribution in [0.5, 0.6) is 0 Å². The van der Waals surface area contributed by atoms with Crippen molar-refractivity contribution in [3.63, 3.8) is 0 Å². The van der Waals surface area contributed by atoms with Crippen LogP contribution in [0.15, 0.2) is 12.2 Å². The number of carbonyl (C=O) groups excluding carboxylic acids is 1. The fraction of sp³-hybridized carbons (Fsp3) is 0.864. The molecule has 4 rings (SSSR count). The average molecular weight is 363 g/mol. The first-order chi connectivity index (χ1) is 11.8. The first-order valence-electron chi connectivity index (χ1n) is 10.2. The van der Waals surface area contributed by atoms with Gasteiger partial charge in [0.15, 0.2) is 0 Å². The second-order valence-electron chi connectivity index (χ2n) is 9.96. The molecule has 0 spiro atoms. The van der Waals surface area contributed by atoms with Gasteiger partial charge < -0.3 is 4.74 Å². The third-order valence-electron chi connectivity index (χ3n) is 8.74. The predicted molar refractivity (Wildman–Crippen MR) is 104 cm³/mol. The number of methoxy groups -OCH3 is 1. The molecule has 25 heavy (non-hydrogen) atoms. The zero-order chi connectivity index (χ0) is 18.0. The summed E-state index contributed by atoms with van der Waals surface area (Å²) >= 11 is 1.62. The molecule has 3 heteroatoms. The number of allylic oxidation sites excluding steroid dienone is 1. The molecule has 3 fully saturated rings. The maximum absolute atomic E-state index is 12.0. The van der Waals surface area contributed by atoms with Gasteiger partial charge in [0.2, 0.25) is 5.12 Å². The van der Waals surface area contributed by atoms with E-state index in [0.717, 1.165) is 23.7 Å². The average Bonchev–Trinajstić information content (AvgIpc) is 2.93. The summed E-state index contributed by atoms with van der Waals surface area (Å²) in [4.78, 5) is 12.0. The molecule has 1 heterocycles. The minimum Gasteiger partial charge on any atom is -0.381 e. The largest absolute Gasteiger partial charge is 0.381 e. The van der Waals surface area contributed by atoms with Gasteiger partial charge in [-0.25, -0.2) is 0 Å². The van der Waals surface area contributed by atoms with Crippen LogP contribution in [0.25, 0.3) is 0 Å². The van der Waals surface area contributed by atoms with Gasteiger partial charge in [0.05, 0.1) is 6.10 Å². The molecule has 140 valence electrons. The molecule has 3 aliphatic carbocycles. The van der Waals surface area contributed by atoms with Gasteiger partial charge in [-0.15, -0.1) is 0 Å². The van der Waals surface area contributed by atoms with Gasteiger partial charge >= 0.3 is 0 Å². The molecule has 0 N–H and O–H groups in total. The summed E-state index contributed by atoms with van der Waals surface area (Å²) in [7, 11) is 1.87. The summed E-state index contributed by atoms with van der Waals surface area (Å²) in [5, 5.41) is 0.754. The number of rotatable bonds is 2. The van der Waals surface area contributed by atoms with E-state index in [-0.39, 0.29) is 10.5 Å². The van der Waals surface area contributed by atoms with Crippen LogP contribution in [0.4, 0.5) is 0 Å². The Bertz CT molecular complexity index is 587. The molecule has 3 saturated carbocycles. The summed E-state index contributed by atoms with van der Waals surface area (Å²) in [5.41, 5.74) is 0.708. The van der Waals surface area contributed by atoms with E-state index >= 15 is 0 Å². The minimum atomic E-state index is 0.210. The molecule has 0 aromatic heterocycles. The van der Waals surface area contributed by atoms with E-state index in [9.17, 15) is 4.79 Å². The Morgan fingerprint density at radius 3 is 2.76 bits per heavy atom. The molecular weight excluding hydrogens is 328 g/mol. The van der Waals surface area contributed by atoms with Crippen LogP contribution in [-0.2, 0) is 9.53 Å². The standard InChI is InChI=1S/C22H34O2S/c1-13-10-18-22(4,9-7-19(23)25-18)16-6-8-21(3)12-15(14(2)24-5)11-17(21)20(13)16/h7,9,13-18,20H,6,8,10-12H2,1-5H3/t13?,14?,15?,16-,17+,18?,20-,21-,22-/m1/s1. The van der Waals surface area contributed by atoms with Crippen LogP contribution in [0, 0.1) is 40.4 Å². The summed E-state index contributed by atoms with van der Waals surface area (Å²) in [6.45, 7) is 9.74. The first-order valence-corrected chi connectivity index (χ1v) is 11.1. The Labute approximate surface area is 157 Å². The summed E-state index contributed by atoms with van der Waals surface area (Å²) in [6.07, 6.45) is 11.1. The van der Waals surface area contributed by atoms with Gasteiger partial charge in [-0.05, 0) is 80.1 Å². The Morgan fingerprint density at radius 1 is 1.28 bits per heavy atom. The highest BCUT2D eigenvalue weighted by Gasteiger charge is 2.60. The second kappa shape index (κ2) is 6.12. The molecule has 0 saturated heterocycles. The minimum absolute atomic E-state index is 0.210. The number of hydrogen-bond donors (Lipinski definition) is 0. The van der Waals surface area contributed by atoms with Crippen LogP contribution in [0.3, 0.4) is 0 Å². The van der Waals surface area contributed by atoms with E-state index in [1.54, 1.807) is 11.8 Å². The Balaban J connectivity index is 1.66. The quantitative estimate of drug-likeness (QED) is 0.664. The van der Waals surface area contributed by atoms with Crippen molar-refractivity contribution in [3.05, 3.63) is 12.2 Å². The number of thioether (sulfide) groups is 1. The molecule has 4 aliphatic rings. The van der Waals surface area contributed by atoms with Crippen molar-refractivity contribution in [2.24, 2.45) is 40.4 Å². The third-order valence-corrected chi connectivity index (χ3v) is 10.1. The number of carbonyl (C=O) groups is 1. The second-order valence-corrected chi connectivity index (χ2v) is 11.2. The zero-order valence-electron chi connectivity index (χ0n) is 16.5. The zero-order valence-corrected chi connectivity index (χ0v) is 17.3. The molecule has 9 atom stereocenters. The van der Waals surface area contributed by atoms with Crippen molar-refractivity contribution in [3.8, 4) is 0 Å². The normalized spacial score (nSPS) is 53.1. The van der Waals surface area contributed by atoms with Crippen molar-refractivity contribution in [2.45, 2.75) is 71.2 Å². The van der Waals surface area contributed by atoms with E-state index in [0.29, 0.717) is 22.7 Å². The molecular formula is C22H34O2S. The highest BCUT2D eigenvalue weighted by Crippen LogP contribution is 2.67. The van der Waals surface area contributed by atoms with E-state index < -0.39 is 0 Å².